The molecule has 0 aliphatic carbocycles. The Morgan fingerprint density at radius 3 is 2.21 bits per heavy atom. The largest absolute Gasteiger partial charge is 0.438 e. The average Bonchev–Trinajstić information content (AvgIpc) is 3.13. The van der Waals surface area contributed by atoms with Gasteiger partial charge >= 0.3 is 6.09 Å². The maximum atomic E-state index is 13.3. The van der Waals surface area contributed by atoms with Crippen LogP contribution in [-0.2, 0) is 20.9 Å². The molecule has 1 aliphatic heterocycles. The van der Waals surface area contributed by atoms with E-state index in [1.54, 1.807) is 24.3 Å². The van der Waals surface area contributed by atoms with Gasteiger partial charge in [0.1, 0.15) is 11.6 Å². The summed E-state index contributed by atoms with van der Waals surface area (Å²) < 4.78 is 32.2. The second-order valence-electron chi connectivity index (χ2n) is 7.81. The Morgan fingerprint density at radius 1 is 0.912 bits per heavy atom. The number of rotatable bonds is 6. The van der Waals surface area contributed by atoms with Gasteiger partial charge in [0.2, 0.25) is 5.91 Å². The number of halogens is 2. The molecule has 3 aromatic rings. The van der Waals surface area contributed by atoms with Gasteiger partial charge in [-0.05, 0) is 59.7 Å². The van der Waals surface area contributed by atoms with Gasteiger partial charge in [-0.1, -0.05) is 24.3 Å². The van der Waals surface area contributed by atoms with Crippen LogP contribution in [0.5, 0.6) is 0 Å². The van der Waals surface area contributed by atoms with Crippen LogP contribution in [0.1, 0.15) is 24.2 Å². The number of carbonyl (C=O) groups excluding carboxylic acids is 3. The van der Waals surface area contributed by atoms with E-state index in [4.69, 9.17) is 4.74 Å². The van der Waals surface area contributed by atoms with Gasteiger partial charge in [-0.25, -0.2) is 13.6 Å². The van der Waals surface area contributed by atoms with Crippen molar-refractivity contribution in [2.45, 2.75) is 25.6 Å². The molecular weight excluding hydrogens is 444 g/mol. The third-order valence-electron chi connectivity index (χ3n) is 5.27. The number of carbonyl (C=O) groups is 3. The number of cyclic esters (lactones) is 1. The minimum absolute atomic E-state index is 0.00248. The lowest BCUT2D eigenvalue weighted by Gasteiger charge is -2.24. The monoisotopic (exact) mass is 465 g/mol. The first-order valence-electron chi connectivity index (χ1n) is 10.5. The molecule has 9 heteroatoms. The number of benzene rings is 3. The molecule has 0 saturated carbocycles. The molecule has 174 valence electrons. The topological polar surface area (TPSA) is 87.7 Å². The fourth-order valence-electron chi connectivity index (χ4n) is 3.74. The first-order valence-corrected chi connectivity index (χ1v) is 10.5. The van der Waals surface area contributed by atoms with Crippen molar-refractivity contribution in [3.8, 4) is 0 Å². The maximum Gasteiger partial charge on any atom is 0.411 e. The van der Waals surface area contributed by atoms with Crippen LogP contribution in [0.25, 0.3) is 0 Å². The first-order chi connectivity index (χ1) is 16.3. The van der Waals surface area contributed by atoms with Gasteiger partial charge in [0.25, 0.3) is 5.91 Å². The molecule has 1 saturated heterocycles. The van der Waals surface area contributed by atoms with E-state index < -0.39 is 35.8 Å². The van der Waals surface area contributed by atoms with Crippen LogP contribution in [-0.4, -0.2) is 28.8 Å². The predicted molar refractivity (Wildman–Crippen MR) is 121 cm³/mol. The molecule has 0 spiro atoms. The quantitative estimate of drug-likeness (QED) is 0.556. The van der Waals surface area contributed by atoms with Crippen molar-refractivity contribution in [3.63, 3.8) is 0 Å². The van der Waals surface area contributed by atoms with E-state index in [2.05, 4.69) is 10.6 Å². The van der Waals surface area contributed by atoms with Crippen LogP contribution >= 0.6 is 0 Å². The van der Waals surface area contributed by atoms with E-state index in [-0.39, 0.29) is 12.5 Å². The zero-order chi connectivity index (χ0) is 24.2. The van der Waals surface area contributed by atoms with Crippen LogP contribution in [0.4, 0.5) is 25.0 Å². The molecule has 7 nitrogen and oxygen atoms in total. The summed E-state index contributed by atoms with van der Waals surface area (Å²) in [5.74, 6) is -1.70. The molecule has 1 aliphatic rings. The molecule has 3 amide bonds. The standard InChI is InChI=1S/C25H21F2N3O4/c1-15(31)28-21-4-2-3-17(13-21)23-22(24(32)29-20-11-9-19(27)10-12-20)30(25(33)34-23)14-16-5-7-18(26)8-6-16/h2-13,22-23H,14H2,1H3,(H,28,31)(H,29,32). The highest BCUT2D eigenvalue weighted by molar-refractivity contribution is 5.98. The summed E-state index contributed by atoms with van der Waals surface area (Å²) in [5, 5.41) is 5.35. The molecule has 2 unspecified atom stereocenters. The van der Waals surface area contributed by atoms with Crippen molar-refractivity contribution in [2.24, 2.45) is 0 Å². The summed E-state index contributed by atoms with van der Waals surface area (Å²) in [6, 6.07) is 16.3. The average molecular weight is 465 g/mol. The van der Waals surface area contributed by atoms with Crippen molar-refractivity contribution < 1.29 is 27.9 Å². The molecule has 0 aromatic heterocycles. The molecule has 1 fully saturated rings. The number of hydrogen-bond acceptors (Lipinski definition) is 4. The maximum absolute atomic E-state index is 13.3. The summed E-state index contributed by atoms with van der Waals surface area (Å²) >= 11 is 0. The zero-order valence-corrected chi connectivity index (χ0v) is 18.1. The SMILES string of the molecule is CC(=O)Nc1cccc(C2OC(=O)N(Cc3ccc(F)cc3)C2C(=O)Nc2ccc(F)cc2)c1. The number of ether oxygens (including phenoxy) is 1. The second-order valence-corrected chi connectivity index (χ2v) is 7.81. The molecule has 2 N–H and O–H groups in total. The highest BCUT2D eigenvalue weighted by Crippen LogP contribution is 2.35. The Kier molecular flexibility index (Phi) is 6.53. The summed E-state index contributed by atoms with van der Waals surface area (Å²) in [5.41, 5.74) is 1.93. The van der Waals surface area contributed by atoms with Gasteiger partial charge in [-0.2, -0.15) is 0 Å². The number of nitrogens with one attached hydrogen (secondary N) is 2. The normalized spacial score (nSPS) is 17.3. The molecular formula is C25H21F2N3O4. The highest BCUT2D eigenvalue weighted by atomic mass is 19.1. The van der Waals surface area contributed by atoms with Crippen molar-refractivity contribution in [1.82, 2.24) is 4.90 Å². The van der Waals surface area contributed by atoms with E-state index >= 15 is 0 Å². The Hall–Kier alpha value is -4.27. The smallest absolute Gasteiger partial charge is 0.411 e. The lowest BCUT2D eigenvalue weighted by molar-refractivity contribution is -0.121. The van der Waals surface area contributed by atoms with E-state index in [1.807, 2.05) is 0 Å². The van der Waals surface area contributed by atoms with Crippen LogP contribution in [0, 0.1) is 11.6 Å². The zero-order valence-electron chi connectivity index (χ0n) is 18.1. The van der Waals surface area contributed by atoms with Gasteiger partial charge in [-0.3, -0.25) is 14.5 Å². The predicted octanol–water partition coefficient (Wildman–Crippen LogP) is 4.62. The number of amides is 3. The van der Waals surface area contributed by atoms with Gasteiger partial charge in [0, 0.05) is 18.3 Å². The van der Waals surface area contributed by atoms with Crippen LogP contribution in [0.15, 0.2) is 72.8 Å². The van der Waals surface area contributed by atoms with E-state index in [0.29, 0.717) is 22.5 Å². The third-order valence-corrected chi connectivity index (χ3v) is 5.27. The lowest BCUT2D eigenvalue weighted by Crippen LogP contribution is -2.43. The lowest BCUT2D eigenvalue weighted by atomic mass is 10.00. The number of nitrogens with zero attached hydrogens (tertiary/aromatic N) is 1. The van der Waals surface area contributed by atoms with Gasteiger partial charge in [0.15, 0.2) is 12.1 Å². The minimum Gasteiger partial charge on any atom is -0.438 e. The van der Waals surface area contributed by atoms with E-state index in [0.717, 1.165) is 0 Å². The van der Waals surface area contributed by atoms with Crippen molar-refractivity contribution in [2.75, 3.05) is 10.6 Å². The molecule has 1 heterocycles. The number of anilines is 2. The summed E-state index contributed by atoms with van der Waals surface area (Å²) in [6.07, 6.45) is -1.71. The molecule has 34 heavy (non-hydrogen) atoms. The van der Waals surface area contributed by atoms with E-state index in [9.17, 15) is 23.2 Å². The summed E-state index contributed by atoms with van der Waals surface area (Å²) in [7, 11) is 0. The summed E-state index contributed by atoms with van der Waals surface area (Å²) in [6.45, 7) is 1.37. The Morgan fingerprint density at radius 2 is 1.56 bits per heavy atom. The van der Waals surface area contributed by atoms with Gasteiger partial charge in [0.05, 0.1) is 6.54 Å². The molecule has 3 aromatic carbocycles. The highest BCUT2D eigenvalue weighted by Gasteiger charge is 2.47. The van der Waals surface area contributed by atoms with Gasteiger partial charge < -0.3 is 15.4 Å². The third kappa shape index (κ3) is 5.20. The first kappa shape index (κ1) is 22.9. The Bertz CT molecular complexity index is 1220. The second kappa shape index (κ2) is 9.70. The minimum atomic E-state index is -1.09. The van der Waals surface area contributed by atoms with Gasteiger partial charge in [-0.15, -0.1) is 0 Å². The van der Waals surface area contributed by atoms with Crippen molar-refractivity contribution >= 4 is 29.3 Å². The Labute approximate surface area is 194 Å². The molecule has 0 bridgehead atoms. The molecule has 0 radical (unpaired) electrons. The number of hydrogen-bond donors (Lipinski definition) is 2. The van der Waals surface area contributed by atoms with Crippen LogP contribution in [0.3, 0.4) is 0 Å². The van der Waals surface area contributed by atoms with Crippen molar-refractivity contribution in [1.29, 1.82) is 0 Å². The van der Waals surface area contributed by atoms with E-state index in [1.165, 1.54) is 60.4 Å². The van der Waals surface area contributed by atoms with Crippen LogP contribution < -0.4 is 10.6 Å². The molecule has 4 rings (SSSR count). The van der Waals surface area contributed by atoms with Crippen molar-refractivity contribution in [3.05, 3.63) is 95.6 Å². The fourth-order valence-corrected chi connectivity index (χ4v) is 3.74. The fraction of sp³-hybridized carbons (Fsp3) is 0.160. The Balaban J connectivity index is 1.67. The van der Waals surface area contributed by atoms with Crippen LogP contribution in [0.2, 0.25) is 0 Å². The molecule has 2 atom stereocenters. The summed E-state index contributed by atoms with van der Waals surface area (Å²) in [4.78, 5) is 38.9.